The van der Waals surface area contributed by atoms with Gasteiger partial charge < -0.3 is 0 Å². The largest absolute Gasteiger partial charge is 0.319 e. The maximum atomic E-state index is 12.6. The van der Waals surface area contributed by atoms with Crippen molar-refractivity contribution >= 4 is 23.5 Å². The Labute approximate surface area is 117 Å². The van der Waals surface area contributed by atoms with Gasteiger partial charge in [-0.3, -0.25) is 4.79 Å². The number of rotatable bonds is 2. The second-order valence-electron chi connectivity index (χ2n) is 4.77. The van der Waals surface area contributed by atoms with Gasteiger partial charge in [-0.1, -0.05) is 42.5 Å². The lowest BCUT2D eigenvalue weighted by atomic mass is 10.1. The third kappa shape index (κ3) is 1.98. The number of allylic oxidation sites excluding steroid dienone is 1. The fourth-order valence-electron chi connectivity index (χ4n) is 2.53. The van der Waals surface area contributed by atoms with Gasteiger partial charge >= 0.3 is 5.91 Å². The minimum absolute atomic E-state index is 0.0783. The molecule has 2 aromatic rings. The molecule has 1 N–H and O–H groups in total. The number of carbonyl (C=O) groups excluding carboxylic acids is 2. The summed E-state index contributed by atoms with van der Waals surface area (Å²) in [4.78, 5) is 25.0. The third-order valence-corrected chi connectivity index (χ3v) is 3.43. The molecule has 0 spiro atoms. The van der Waals surface area contributed by atoms with Crippen LogP contribution in [0.3, 0.4) is 0 Å². The van der Waals surface area contributed by atoms with Crippen LogP contribution in [-0.2, 0) is 4.79 Å². The standard InChI is InChI=1S/C17H13NO2/c1-12(19)18-15-10-6-5-9-14(15)11-16(18)17(20)13-7-3-2-4-8-13/h2-11H,1H3/p+1. The highest BCUT2D eigenvalue weighted by atomic mass is 16.2. The van der Waals surface area contributed by atoms with Crippen molar-refractivity contribution in [2.45, 2.75) is 6.92 Å². The van der Waals surface area contributed by atoms with Gasteiger partial charge in [0.25, 0.3) is 0 Å². The molecule has 2 aromatic carbocycles. The lowest BCUT2D eigenvalue weighted by molar-refractivity contribution is -0.693. The Bertz CT molecular complexity index is 717. The van der Waals surface area contributed by atoms with Gasteiger partial charge in [0.2, 0.25) is 5.78 Å². The second-order valence-corrected chi connectivity index (χ2v) is 4.77. The predicted molar refractivity (Wildman–Crippen MR) is 76.5 cm³/mol. The molecule has 3 nitrogen and oxygen atoms in total. The Morgan fingerprint density at radius 1 is 0.900 bits per heavy atom. The van der Waals surface area contributed by atoms with E-state index in [4.69, 9.17) is 0 Å². The maximum absolute atomic E-state index is 12.6. The number of amides is 1. The fraction of sp³-hybridized carbons (Fsp3) is 0.0588. The van der Waals surface area contributed by atoms with Crippen LogP contribution in [0.1, 0.15) is 22.8 Å². The van der Waals surface area contributed by atoms with Crippen molar-refractivity contribution in [2.75, 3.05) is 0 Å². The Balaban J connectivity index is 2.07. The van der Waals surface area contributed by atoms with Gasteiger partial charge in [-0.15, -0.1) is 0 Å². The van der Waals surface area contributed by atoms with Crippen LogP contribution in [-0.4, -0.2) is 11.7 Å². The molecular weight excluding hydrogens is 250 g/mol. The van der Waals surface area contributed by atoms with Gasteiger partial charge in [0.15, 0.2) is 11.4 Å². The van der Waals surface area contributed by atoms with Gasteiger partial charge in [-0.05, 0) is 6.07 Å². The molecule has 0 saturated carbocycles. The molecule has 1 amide bonds. The van der Waals surface area contributed by atoms with E-state index in [9.17, 15) is 9.59 Å². The number of fused-ring (bicyclic) bond motifs is 1. The molecule has 0 saturated heterocycles. The Hall–Kier alpha value is -2.52. The number of hydrogen-bond acceptors (Lipinski definition) is 2. The molecule has 1 aliphatic heterocycles. The van der Waals surface area contributed by atoms with E-state index in [-0.39, 0.29) is 11.7 Å². The molecule has 98 valence electrons. The topological polar surface area (TPSA) is 38.6 Å². The molecule has 1 aliphatic rings. The summed E-state index contributed by atoms with van der Waals surface area (Å²) in [6, 6.07) is 16.6. The smallest absolute Gasteiger partial charge is 0.283 e. The van der Waals surface area contributed by atoms with Crippen molar-refractivity contribution < 1.29 is 14.5 Å². The molecule has 3 heteroatoms. The number of para-hydroxylation sites is 1. The summed E-state index contributed by atoms with van der Waals surface area (Å²) in [6.45, 7) is 1.50. The van der Waals surface area contributed by atoms with E-state index in [0.29, 0.717) is 16.2 Å². The molecule has 0 radical (unpaired) electrons. The number of ketones is 1. The molecule has 20 heavy (non-hydrogen) atoms. The Morgan fingerprint density at radius 2 is 1.55 bits per heavy atom. The molecular formula is C17H14NO2+. The molecule has 1 heterocycles. The summed E-state index contributed by atoms with van der Waals surface area (Å²) in [5, 5.41) is 0. The fourth-order valence-corrected chi connectivity index (χ4v) is 2.53. The van der Waals surface area contributed by atoms with E-state index in [1.54, 1.807) is 18.2 Å². The first-order valence-electron chi connectivity index (χ1n) is 6.47. The van der Waals surface area contributed by atoms with Crippen molar-refractivity contribution in [2.24, 2.45) is 0 Å². The van der Waals surface area contributed by atoms with E-state index in [0.717, 1.165) is 11.3 Å². The van der Waals surface area contributed by atoms with Crippen LogP contribution in [0.5, 0.6) is 0 Å². The van der Waals surface area contributed by atoms with E-state index in [1.807, 2.05) is 42.5 Å². The summed E-state index contributed by atoms with van der Waals surface area (Å²) in [6.07, 6.45) is 1.81. The molecule has 0 aliphatic carbocycles. The molecule has 3 rings (SSSR count). The van der Waals surface area contributed by atoms with Gasteiger partial charge in [0.05, 0.1) is 6.92 Å². The molecule has 0 fully saturated rings. The van der Waals surface area contributed by atoms with Gasteiger partial charge in [-0.2, -0.15) is 0 Å². The van der Waals surface area contributed by atoms with Crippen LogP contribution in [0, 0.1) is 0 Å². The molecule has 1 atom stereocenters. The monoisotopic (exact) mass is 264 g/mol. The van der Waals surface area contributed by atoms with E-state index in [2.05, 4.69) is 0 Å². The first kappa shape index (κ1) is 12.5. The lowest BCUT2D eigenvalue weighted by Crippen LogP contribution is -3.07. The number of carbonyl (C=O) groups is 2. The number of nitrogens with one attached hydrogen (secondary N) is 1. The minimum Gasteiger partial charge on any atom is -0.283 e. The zero-order chi connectivity index (χ0) is 14.1. The van der Waals surface area contributed by atoms with Crippen molar-refractivity contribution in [3.8, 4) is 0 Å². The van der Waals surface area contributed by atoms with Crippen LogP contribution in [0.2, 0.25) is 0 Å². The Morgan fingerprint density at radius 3 is 2.25 bits per heavy atom. The zero-order valence-electron chi connectivity index (χ0n) is 11.1. The highest BCUT2D eigenvalue weighted by Gasteiger charge is 2.36. The van der Waals surface area contributed by atoms with Crippen LogP contribution in [0.25, 0.3) is 6.08 Å². The summed E-state index contributed by atoms with van der Waals surface area (Å²) in [5.41, 5.74) is 2.87. The number of Topliss-reactive ketones (excluding diaryl/α,β-unsaturated/α-hetero) is 1. The summed E-state index contributed by atoms with van der Waals surface area (Å²) >= 11 is 0. The third-order valence-electron chi connectivity index (χ3n) is 3.43. The van der Waals surface area contributed by atoms with Crippen molar-refractivity contribution in [3.63, 3.8) is 0 Å². The first-order chi connectivity index (χ1) is 9.68. The number of hydrogen-bond donors (Lipinski definition) is 1. The van der Waals surface area contributed by atoms with Crippen LogP contribution < -0.4 is 4.90 Å². The highest BCUT2D eigenvalue weighted by Crippen LogP contribution is 2.22. The quantitative estimate of drug-likeness (QED) is 0.842. The van der Waals surface area contributed by atoms with E-state index in [1.165, 1.54) is 6.92 Å². The van der Waals surface area contributed by atoms with Crippen molar-refractivity contribution in [3.05, 3.63) is 71.4 Å². The number of quaternary nitrogens is 1. The molecule has 0 aromatic heterocycles. The van der Waals surface area contributed by atoms with E-state index < -0.39 is 0 Å². The predicted octanol–water partition coefficient (Wildman–Crippen LogP) is 1.99. The van der Waals surface area contributed by atoms with Crippen molar-refractivity contribution in [1.82, 2.24) is 0 Å². The van der Waals surface area contributed by atoms with Gasteiger partial charge in [-0.25, -0.2) is 9.69 Å². The SMILES string of the molecule is CC(=O)[NH+]1C(C(=O)c2ccccc2)=Cc2ccccc21. The minimum atomic E-state index is -0.105. The van der Waals surface area contributed by atoms with Crippen molar-refractivity contribution in [1.29, 1.82) is 0 Å². The summed E-state index contributed by atoms with van der Waals surface area (Å²) < 4.78 is 0. The lowest BCUT2D eigenvalue weighted by Gasteiger charge is -2.12. The molecule has 0 bridgehead atoms. The first-order valence-corrected chi connectivity index (χ1v) is 6.47. The average Bonchev–Trinajstić information content (AvgIpc) is 2.86. The van der Waals surface area contributed by atoms with Crippen LogP contribution >= 0.6 is 0 Å². The maximum Gasteiger partial charge on any atom is 0.319 e. The Kier molecular flexibility index (Phi) is 3.05. The highest BCUT2D eigenvalue weighted by molar-refractivity contribution is 6.11. The van der Waals surface area contributed by atoms with Crippen LogP contribution in [0.4, 0.5) is 5.69 Å². The van der Waals surface area contributed by atoms with Crippen LogP contribution in [0.15, 0.2) is 60.3 Å². The molecule has 1 unspecified atom stereocenters. The average molecular weight is 264 g/mol. The van der Waals surface area contributed by atoms with E-state index >= 15 is 0 Å². The summed E-state index contributed by atoms with van der Waals surface area (Å²) in [7, 11) is 0. The number of benzene rings is 2. The summed E-state index contributed by atoms with van der Waals surface area (Å²) in [5.74, 6) is -0.183. The van der Waals surface area contributed by atoms with Gasteiger partial charge in [0.1, 0.15) is 0 Å². The second kappa shape index (κ2) is 4.87. The van der Waals surface area contributed by atoms with Gasteiger partial charge in [0, 0.05) is 23.3 Å². The zero-order valence-corrected chi connectivity index (χ0v) is 11.1. The normalized spacial score (nSPS) is 16.4.